The van der Waals surface area contributed by atoms with E-state index in [0.29, 0.717) is 0 Å². The average Bonchev–Trinajstić information content (AvgIpc) is 1.14. The molecule has 0 amide bonds. The third kappa shape index (κ3) is 8.62. The maximum Gasteiger partial charge on any atom is 0.220 e. The second-order valence-electron chi connectivity index (χ2n) is 1.03. The molecule has 0 bridgehead atoms. The topological polar surface area (TPSA) is 86.6 Å². The Morgan fingerprint density at radius 3 is 1.33 bits per heavy atom. The summed E-state index contributed by atoms with van der Waals surface area (Å²) in [6, 6.07) is 0. The molecule has 0 rings (SSSR count). The molecule has 0 spiro atoms. The highest BCUT2D eigenvalue weighted by atomic mass is 32.9. The second-order valence-corrected chi connectivity index (χ2v) is 6.31. The molecule has 0 heterocycles. The Labute approximate surface area is 62.1 Å². The third-order valence-corrected chi connectivity index (χ3v) is 3.12. The van der Waals surface area contributed by atoms with Gasteiger partial charge in [-0.25, -0.2) is 8.42 Å². The molecule has 2 atom stereocenters. The zero-order chi connectivity index (χ0) is 7.71. The molecule has 0 aliphatic heterocycles. The van der Waals surface area contributed by atoms with Gasteiger partial charge in [0.05, 0.1) is 0 Å². The van der Waals surface area contributed by atoms with E-state index in [0.717, 1.165) is 0 Å². The van der Waals surface area contributed by atoms with Gasteiger partial charge in [0.2, 0.25) is 17.9 Å². The quantitative estimate of drug-likeness (QED) is 0.532. The van der Waals surface area contributed by atoms with E-state index in [1.165, 1.54) is 4.13 Å². The van der Waals surface area contributed by atoms with Crippen molar-refractivity contribution in [3.8, 4) is 0 Å². The highest BCUT2D eigenvalue weighted by Gasteiger charge is 2.05. The fraction of sp³-hybridized carbons (Fsp3) is 0. The summed E-state index contributed by atoms with van der Waals surface area (Å²) in [5, 5.41) is 0. The molecule has 0 aliphatic rings. The van der Waals surface area contributed by atoms with Gasteiger partial charge in [-0.1, -0.05) is 0 Å². The van der Waals surface area contributed by atoms with Crippen LogP contribution in [0.5, 0.6) is 0 Å². The molecule has 0 aromatic rings. The van der Waals surface area contributed by atoms with Crippen LogP contribution in [0, 0.1) is 0 Å². The van der Waals surface area contributed by atoms with E-state index in [9.17, 15) is 8.42 Å². The predicted octanol–water partition coefficient (Wildman–Crippen LogP) is -1.16. The summed E-state index contributed by atoms with van der Waals surface area (Å²) in [5.74, 6) is 0. The van der Waals surface area contributed by atoms with Gasteiger partial charge in [-0.15, -0.1) is 4.13 Å². The van der Waals surface area contributed by atoms with Crippen molar-refractivity contribution in [2.24, 2.45) is 0 Å². The van der Waals surface area contributed by atoms with Crippen LogP contribution < -0.4 is 4.13 Å². The van der Waals surface area contributed by atoms with Gasteiger partial charge in [-0.3, -0.25) is 9.11 Å². The Balaban J connectivity index is 4.46. The fourth-order valence-corrected chi connectivity index (χ4v) is 3.25. The van der Waals surface area contributed by atoms with E-state index in [-0.39, 0.29) is 0 Å². The Kier molecular flexibility index (Phi) is 2.88. The minimum absolute atomic E-state index is 1.25. The zero-order valence-electron chi connectivity index (χ0n) is 3.84. The number of nitrogens with one attached hydrogen (secondary N) is 1. The standard InChI is InChI=1S/H3NO4S4/c2-8(3,6)1-9(4,5)7/h1H,(H,2,3,6)(H,4,5,7). The van der Waals surface area contributed by atoms with Gasteiger partial charge in [0, 0.05) is 22.4 Å². The second kappa shape index (κ2) is 2.70. The van der Waals surface area contributed by atoms with Crippen LogP contribution in [0.2, 0.25) is 0 Å². The Hall–Kier alpha value is 0.620. The molecule has 9 heavy (non-hydrogen) atoms. The van der Waals surface area contributed by atoms with Crippen molar-refractivity contribution < 1.29 is 17.5 Å². The fourth-order valence-electron chi connectivity index (χ4n) is 0.133. The van der Waals surface area contributed by atoms with E-state index in [2.05, 4.69) is 22.4 Å². The number of hydrogen-bond donors (Lipinski definition) is 3. The first-order valence-electron chi connectivity index (χ1n) is 1.44. The molecular formula is H3NO4S4. The van der Waals surface area contributed by atoms with Gasteiger partial charge >= 0.3 is 0 Å². The molecule has 2 unspecified atom stereocenters. The Morgan fingerprint density at radius 2 is 1.33 bits per heavy atom. The summed E-state index contributed by atoms with van der Waals surface area (Å²) < 4.78 is 37.7. The first kappa shape index (κ1) is 9.62. The van der Waals surface area contributed by atoms with Crippen molar-refractivity contribution in [3.63, 3.8) is 0 Å². The molecule has 0 radical (unpaired) electrons. The minimum atomic E-state index is -3.83. The van der Waals surface area contributed by atoms with Gasteiger partial charge in [0.25, 0.3) is 0 Å². The molecule has 0 fully saturated rings. The number of hydrogen-bond acceptors (Lipinski definition) is 4. The monoisotopic (exact) mass is 209 g/mol. The van der Waals surface area contributed by atoms with Crippen molar-refractivity contribution in [2.75, 3.05) is 0 Å². The highest BCUT2D eigenvalue weighted by Crippen LogP contribution is 1.80. The molecule has 5 nitrogen and oxygen atoms in total. The molecule has 9 heteroatoms. The highest BCUT2D eigenvalue weighted by molar-refractivity contribution is 8.38. The molecule has 3 N–H and O–H groups in total. The lowest BCUT2D eigenvalue weighted by atomic mass is 13.9. The van der Waals surface area contributed by atoms with E-state index in [4.69, 9.17) is 9.11 Å². The van der Waals surface area contributed by atoms with Crippen LogP contribution >= 0.6 is 0 Å². The van der Waals surface area contributed by atoms with Crippen LogP contribution in [0.25, 0.3) is 0 Å². The van der Waals surface area contributed by atoms with E-state index < -0.39 is 17.9 Å². The lowest BCUT2D eigenvalue weighted by Crippen LogP contribution is -2.27. The molecule has 56 valence electrons. The lowest BCUT2D eigenvalue weighted by molar-refractivity contribution is 0.538. The molecule has 0 aliphatic carbocycles. The van der Waals surface area contributed by atoms with Crippen LogP contribution in [0.4, 0.5) is 0 Å². The maximum absolute atomic E-state index is 10.1. The van der Waals surface area contributed by atoms with Crippen molar-refractivity contribution in [2.45, 2.75) is 0 Å². The van der Waals surface area contributed by atoms with Gasteiger partial charge < -0.3 is 0 Å². The van der Waals surface area contributed by atoms with Crippen LogP contribution in [0.15, 0.2) is 0 Å². The van der Waals surface area contributed by atoms with Gasteiger partial charge in [-0.05, 0) is 0 Å². The van der Waals surface area contributed by atoms with Crippen molar-refractivity contribution in [1.82, 2.24) is 4.13 Å². The minimum Gasteiger partial charge on any atom is -0.293 e. The number of rotatable bonds is 2. The molecule has 0 saturated carbocycles. The van der Waals surface area contributed by atoms with Crippen molar-refractivity contribution >= 4 is 40.3 Å². The van der Waals surface area contributed by atoms with Gasteiger partial charge in [0.1, 0.15) is 0 Å². The molecule has 0 aromatic carbocycles. The normalized spacial score (nSPS) is 24.2. The van der Waals surface area contributed by atoms with Crippen LogP contribution in [0.3, 0.4) is 0 Å². The first-order valence-corrected chi connectivity index (χ1v) is 6.32. The summed E-state index contributed by atoms with van der Waals surface area (Å²) in [7, 11) is -7.66. The van der Waals surface area contributed by atoms with Gasteiger partial charge in [0.15, 0.2) is 0 Å². The largest absolute Gasteiger partial charge is 0.293 e. The third-order valence-electron chi connectivity index (χ3n) is 0.211. The summed E-state index contributed by atoms with van der Waals surface area (Å²) in [4.78, 5) is 0. The predicted molar refractivity (Wildman–Crippen MR) is 39.4 cm³/mol. The van der Waals surface area contributed by atoms with Crippen LogP contribution in [-0.4, -0.2) is 17.5 Å². The van der Waals surface area contributed by atoms with E-state index in [1.807, 2.05) is 0 Å². The summed E-state index contributed by atoms with van der Waals surface area (Å²) in [5.41, 5.74) is 0. The van der Waals surface area contributed by atoms with E-state index in [1.54, 1.807) is 0 Å². The maximum atomic E-state index is 10.1. The zero-order valence-corrected chi connectivity index (χ0v) is 7.11. The van der Waals surface area contributed by atoms with Crippen LogP contribution in [0.1, 0.15) is 0 Å². The van der Waals surface area contributed by atoms with Crippen LogP contribution in [-0.2, 0) is 40.3 Å². The summed E-state index contributed by atoms with van der Waals surface area (Å²) in [6.07, 6.45) is 0. The summed E-state index contributed by atoms with van der Waals surface area (Å²) >= 11 is 7.60. The molecule has 0 saturated heterocycles. The Morgan fingerprint density at radius 1 is 1.11 bits per heavy atom. The van der Waals surface area contributed by atoms with Gasteiger partial charge in [-0.2, -0.15) is 0 Å². The lowest BCUT2D eigenvalue weighted by Gasteiger charge is -1.98. The summed E-state index contributed by atoms with van der Waals surface area (Å²) in [6.45, 7) is 0. The first-order chi connectivity index (χ1) is 3.71. The van der Waals surface area contributed by atoms with Crippen molar-refractivity contribution in [1.29, 1.82) is 0 Å². The van der Waals surface area contributed by atoms with E-state index >= 15 is 0 Å². The SMILES string of the molecule is O=S(O)(=S)NS(=O)(O)=S. The smallest absolute Gasteiger partial charge is 0.220 e. The molecular weight excluding hydrogens is 206 g/mol. The molecule has 0 aromatic heterocycles. The average molecular weight is 209 g/mol. The Bertz CT molecular complexity index is 238. The van der Waals surface area contributed by atoms with Crippen molar-refractivity contribution in [3.05, 3.63) is 0 Å².